The zero-order valence-corrected chi connectivity index (χ0v) is 11.2. The number of hydrogen-bond donors (Lipinski definition) is 1. The van der Waals surface area contributed by atoms with Crippen LogP contribution < -0.4 is 10.2 Å². The van der Waals surface area contributed by atoms with Crippen LogP contribution in [0.5, 0.6) is 0 Å². The van der Waals surface area contributed by atoms with Crippen molar-refractivity contribution in [2.24, 2.45) is 5.92 Å². The number of piperidine rings is 1. The molecule has 1 aliphatic rings. The van der Waals surface area contributed by atoms with Crippen molar-refractivity contribution in [1.29, 1.82) is 0 Å². The Labute approximate surface area is 105 Å². The molecule has 88 valence electrons. The molecule has 2 heterocycles. The van der Waals surface area contributed by atoms with Crippen LogP contribution in [0.4, 0.5) is 5.69 Å². The molecule has 0 aliphatic carbocycles. The van der Waals surface area contributed by atoms with E-state index in [9.17, 15) is 0 Å². The number of nitrogens with zero attached hydrogens (tertiary/aromatic N) is 2. The molecule has 1 aromatic heterocycles. The molecule has 0 atom stereocenters. The van der Waals surface area contributed by atoms with Crippen LogP contribution in [-0.2, 0) is 0 Å². The van der Waals surface area contributed by atoms with Crippen LogP contribution in [0, 0.1) is 5.92 Å². The summed E-state index contributed by atoms with van der Waals surface area (Å²) >= 11 is 3.55. The number of nitrogens with one attached hydrogen (secondary N) is 1. The number of hydrogen-bond acceptors (Lipinski definition) is 3. The van der Waals surface area contributed by atoms with Crippen molar-refractivity contribution in [3.63, 3.8) is 0 Å². The Morgan fingerprint density at radius 1 is 1.50 bits per heavy atom. The number of rotatable bonds is 3. The van der Waals surface area contributed by atoms with E-state index >= 15 is 0 Å². The lowest BCUT2D eigenvalue weighted by Crippen LogP contribution is -2.34. The zero-order valence-electron chi connectivity index (χ0n) is 9.62. The fraction of sp³-hybridized carbons (Fsp3) is 0.583. The summed E-state index contributed by atoms with van der Waals surface area (Å²) in [5, 5.41) is 3.40. The molecule has 0 aromatic carbocycles. The second kappa shape index (κ2) is 5.64. The third-order valence-corrected chi connectivity index (χ3v) is 3.76. The first-order valence-corrected chi connectivity index (χ1v) is 6.58. The van der Waals surface area contributed by atoms with Gasteiger partial charge in [-0.2, -0.15) is 0 Å². The van der Waals surface area contributed by atoms with Crippen LogP contribution in [0.25, 0.3) is 0 Å². The Balaban J connectivity index is 1.96. The van der Waals surface area contributed by atoms with Crippen LogP contribution in [0.3, 0.4) is 0 Å². The first kappa shape index (κ1) is 11.9. The number of anilines is 1. The Morgan fingerprint density at radius 2 is 2.25 bits per heavy atom. The SMILES string of the molecule is CN(CC1CCNCC1)c1ccncc1Br. The molecule has 1 fully saturated rings. The van der Waals surface area contributed by atoms with Gasteiger partial charge in [-0.05, 0) is 53.8 Å². The summed E-state index contributed by atoms with van der Waals surface area (Å²) in [5.41, 5.74) is 1.23. The molecule has 1 N–H and O–H groups in total. The maximum atomic E-state index is 4.09. The van der Waals surface area contributed by atoms with E-state index in [0.29, 0.717) is 0 Å². The van der Waals surface area contributed by atoms with E-state index in [2.05, 4.69) is 44.2 Å². The van der Waals surface area contributed by atoms with Crippen molar-refractivity contribution >= 4 is 21.6 Å². The van der Waals surface area contributed by atoms with Crippen molar-refractivity contribution in [2.75, 3.05) is 31.6 Å². The highest BCUT2D eigenvalue weighted by Gasteiger charge is 2.16. The van der Waals surface area contributed by atoms with E-state index in [4.69, 9.17) is 0 Å². The molecule has 0 unspecified atom stereocenters. The maximum Gasteiger partial charge on any atom is 0.0592 e. The summed E-state index contributed by atoms with van der Waals surface area (Å²) in [6, 6.07) is 2.06. The van der Waals surface area contributed by atoms with E-state index in [-0.39, 0.29) is 0 Å². The molecule has 2 rings (SSSR count). The van der Waals surface area contributed by atoms with Gasteiger partial charge in [-0.15, -0.1) is 0 Å². The summed E-state index contributed by atoms with van der Waals surface area (Å²) < 4.78 is 1.08. The normalized spacial score (nSPS) is 17.4. The fourth-order valence-corrected chi connectivity index (χ4v) is 2.78. The molecule has 16 heavy (non-hydrogen) atoms. The van der Waals surface area contributed by atoms with Crippen molar-refractivity contribution in [1.82, 2.24) is 10.3 Å². The van der Waals surface area contributed by atoms with E-state index in [0.717, 1.165) is 30.0 Å². The van der Waals surface area contributed by atoms with Gasteiger partial charge >= 0.3 is 0 Å². The van der Waals surface area contributed by atoms with Crippen LogP contribution in [0.2, 0.25) is 0 Å². The molecule has 0 amide bonds. The summed E-state index contributed by atoms with van der Waals surface area (Å²) in [4.78, 5) is 6.41. The summed E-state index contributed by atoms with van der Waals surface area (Å²) in [7, 11) is 2.15. The van der Waals surface area contributed by atoms with E-state index in [1.165, 1.54) is 18.5 Å². The van der Waals surface area contributed by atoms with Gasteiger partial charge in [-0.3, -0.25) is 4.98 Å². The van der Waals surface area contributed by atoms with Gasteiger partial charge in [0.1, 0.15) is 0 Å². The van der Waals surface area contributed by atoms with Gasteiger partial charge in [-0.25, -0.2) is 0 Å². The minimum atomic E-state index is 0.811. The minimum absolute atomic E-state index is 0.811. The number of halogens is 1. The molecule has 0 saturated carbocycles. The van der Waals surface area contributed by atoms with E-state index in [1.807, 2.05) is 12.4 Å². The second-order valence-corrected chi connectivity index (χ2v) is 5.26. The Kier molecular flexibility index (Phi) is 4.18. The molecule has 1 aliphatic heterocycles. The highest BCUT2D eigenvalue weighted by molar-refractivity contribution is 9.10. The van der Waals surface area contributed by atoms with E-state index in [1.54, 1.807) is 0 Å². The predicted octanol–water partition coefficient (Wildman–Crippen LogP) is 2.28. The largest absolute Gasteiger partial charge is 0.373 e. The van der Waals surface area contributed by atoms with Crippen molar-refractivity contribution in [3.8, 4) is 0 Å². The molecule has 0 radical (unpaired) electrons. The average Bonchev–Trinajstić information content (AvgIpc) is 2.31. The van der Waals surface area contributed by atoms with Crippen LogP contribution in [0.15, 0.2) is 22.9 Å². The van der Waals surface area contributed by atoms with Crippen LogP contribution >= 0.6 is 15.9 Å². The van der Waals surface area contributed by atoms with Crippen LogP contribution in [0.1, 0.15) is 12.8 Å². The maximum absolute atomic E-state index is 4.09. The van der Waals surface area contributed by atoms with Crippen molar-refractivity contribution in [2.45, 2.75) is 12.8 Å². The standard InChI is InChI=1S/C12H18BrN3/c1-16(9-10-2-5-14-6-3-10)12-4-7-15-8-11(12)13/h4,7-8,10,14H,2-3,5-6,9H2,1H3. The quantitative estimate of drug-likeness (QED) is 0.923. The molecule has 1 aromatic rings. The lowest BCUT2D eigenvalue weighted by Gasteiger charge is -2.29. The van der Waals surface area contributed by atoms with Gasteiger partial charge in [0.25, 0.3) is 0 Å². The molecule has 3 nitrogen and oxygen atoms in total. The van der Waals surface area contributed by atoms with Crippen molar-refractivity contribution < 1.29 is 0 Å². The van der Waals surface area contributed by atoms with Crippen LogP contribution in [-0.4, -0.2) is 31.7 Å². The highest BCUT2D eigenvalue weighted by Crippen LogP contribution is 2.25. The number of pyridine rings is 1. The monoisotopic (exact) mass is 283 g/mol. The highest BCUT2D eigenvalue weighted by atomic mass is 79.9. The zero-order chi connectivity index (χ0) is 11.4. The molecule has 1 saturated heterocycles. The summed E-state index contributed by atoms with van der Waals surface area (Å²) in [6.45, 7) is 3.45. The number of aromatic nitrogens is 1. The first-order valence-electron chi connectivity index (χ1n) is 5.78. The fourth-order valence-electron chi connectivity index (χ4n) is 2.23. The lowest BCUT2D eigenvalue weighted by atomic mass is 9.97. The van der Waals surface area contributed by atoms with Gasteiger partial charge in [-0.1, -0.05) is 0 Å². The lowest BCUT2D eigenvalue weighted by molar-refractivity contribution is 0.378. The second-order valence-electron chi connectivity index (χ2n) is 4.40. The third-order valence-electron chi connectivity index (χ3n) is 3.15. The third kappa shape index (κ3) is 2.95. The molecular weight excluding hydrogens is 266 g/mol. The Bertz CT molecular complexity index is 337. The van der Waals surface area contributed by atoms with Gasteiger partial charge in [0.2, 0.25) is 0 Å². The predicted molar refractivity (Wildman–Crippen MR) is 70.8 cm³/mol. The first-order chi connectivity index (χ1) is 7.77. The summed E-state index contributed by atoms with van der Waals surface area (Å²) in [6.07, 6.45) is 6.27. The topological polar surface area (TPSA) is 28.2 Å². The van der Waals surface area contributed by atoms with Gasteiger partial charge in [0.05, 0.1) is 10.2 Å². The van der Waals surface area contributed by atoms with Gasteiger partial charge in [0, 0.05) is 26.0 Å². The van der Waals surface area contributed by atoms with E-state index < -0.39 is 0 Å². The smallest absolute Gasteiger partial charge is 0.0592 e. The average molecular weight is 284 g/mol. The Hall–Kier alpha value is -0.610. The molecular formula is C12H18BrN3. The summed E-state index contributed by atoms with van der Waals surface area (Å²) in [5.74, 6) is 0.811. The minimum Gasteiger partial charge on any atom is -0.373 e. The van der Waals surface area contributed by atoms with Gasteiger partial charge < -0.3 is 10.2 Å². The molecule has 0 spiro atoms. The van der Waals surface area contributed by atoms with Gasteiger partial charge in [0.15, 0.2) is 0 Å². The molecule has 4 heteroatoms. The van der Waals surface area contributed by atoms with Crippen molar-refractivity contribution in [3.05, 3.63) is 22.9 Å². The Morgan fingerprint density at radius 3 is 2.94 bits per heavy atom. The molecule has 0 bridgehead atoms.